The third-order valence-corrected chi connectivity index (χ3v) is 6.00. The topological polar surface area (TPSA) is 40.5 Å². The Kier molecular flexibility index (Phi) is 5.23. The zero-order valence-electron chi connectivity index (χ0n) is 15.0. The van der Waals surface area contributed by atoms with Gasteiger partial charge in [-0.15, -0.1) is 0 Å². The van der Waals surface area contributed by atoms with E-state index in [2.05, 4.69) is 32.9 Å². The number of hydrogen-bond acceptors (Lipinski definition) is 2. The van der Waals surface area contributed by atoms with Crippen molar-refractivity contribution in [3.05, 3.63) is 23.3 Å². The Hall–Kier alpha value is -0.600. The summed E-state index contributed by atoms with van der Waals surface area (Å²) in [6.45, 7) is 10.6. The quantitative estimate of drug-likeness (QED) is 0.694. The number of rotatable bonds is 1. The first-order valence-electron chi connectivity index (χ1n) is 8.94. The first kappa shape index (κ1) is 17.7. The molecule has 0 saturated heterocycles. The predicted octanol–water partition coefficient (Wildman–Crippen LogP) is 4.62. The molecule has 2 aliphatic rings. The Labute approximate surface area is 136 Å². The van der Waals surface area contributed by atoms with Crippen LogP contribution >= 0.6 is 0 Å². The Bertz CT molecular complexity index is 454. The van der Waals surface area contributed by atoms with Gasteiger partial charge in [0.2, 0.25) is 0 Å². The monoisotopic (exact) mass is 306 g/mol. The van der Waals surface area contributed by atoms with Gasteiger partial charge in [0.25, 0.3) is 0 Å². The molecule has 2 heteroatoms. The third-order valence-electron chi connectivity index (χ3n) is 6.00. The van der Waals surface area contributed by atoms with Gasteiger partial charge in [0, 0.05) is 5.92 Å². The average molecular weight is 306 g/mol. The minimum absolute atomic E-state index is 0.0679. The lowest BCUT2D eigenvalue weighted by atomic mass is 9.74. The van der Waals surface area contributed by atoms with Crippen LogP contribution in [0.2, 0.25) is 0 Å². The molecular weight excluding hydrogens is 272 g/mol. The lowest BCUT2D eigenvalue weighted by Gasteiger charge is -2.37. The molecule has 4 atom stereocenters. The fraction of sp³-hybridized carbons (Fsp3) is 0.800. The smallest absolute Gasteiger partial charge is 0.0686 e. The molecule has 22 heavy (non-hydrogen) atoms. The second kappa shape index (κ2) is 6.49. The van der Waals surface area contributed by atoms with Crippen LogP contribution in [0.5, 0.6) is 0 Å². The van der Waals surface area contributed by atoms with Crippen molar-refractivity contribution in [3.8, 4) is 0 Å². The van der Waals surface area contributed by atoms with E-state index in [1.165, 1.54) is 11.1 Å². The van der Waals surface area contributed by atoms with Crippen molar-refractivity contribution in [2.24, 2.45) is 17.8 Å². The first-order valence-corrected chi connectivity index (χ1v) is 8.94. The van der Waals surface area contributed by atoms with Crippen molar-refractivity contribution >= 4 is 0 Å². The predicted molar refractivity (Wildman–Crippen MR) is 92.6 cm³/mol. The van der Waals surface area contributed by atoms with Crippen LogP contribution in [0.4, 0.5) is 0 Å². The normalized spacial score (nSPS) is 45.5. The van der Waals surface area contributed by atoms with Gasteiger partial charge < -0.3 is 10.2 Å². The van der Waals surface area contributed by atoms with Crippen molar-refractivity contribution in [2.75, 3.05) is 0 Å². The van der Waals surface area contributed by atoms with Crippen molar-refractivity contribution in [2.45, 2.75) is 84.3 Å². The first-order chi connectivity index (χ1) is 10.1. The molecule has 2 N–H and O–H groups in total. The molecule has 0 radical (unpaired) electrons. The number of aliphatic hydroxyl groups is 2. The SMILES string of the molecule is C/C1=C\CC[C@@](C)(O)[C@@H]2CC[C@@](C)(O)[C@H]2/C=C(\C(C)C)CC1. The summed E-state index contributed by atoms with van der Waals surface area (Å²) < 4.78 is 0. The molecule has 0 spiro atoms. The number of allylic oxidation sites excluding steroid dienone is 3. The largest absolute Gasteiger partial charge is 0.390 e. The van der Waals surface area contributed by atoms with Gasteiger partial charge in [-0.1, -0.05) is 37.1 Å². The van der Waals surface area contributed by atoms with E-state index in [9.17, 15) is 10.2 Å². The van der Waals surface area contributed by atoms with Crippen LogP contribution < -0.4 is 0 Å². The summed E-state index contributed by atoms with van der Waals surface area (Å²) in [4.78, 5) is 0. The van der Waals surface area contributed by atoms with Gasteiger partial charge in [-0.05, 0) is 71.1 Å². The standard InChI is InChI=1S/C20H34O2/c1-14(2)16-9-8-15(3)7-6-11-19(4,21)17-10-12-20(5,22)18(17)13-16/h7,13-14,17-18,21-22H,6,8-12H2,1-5H3/b15-7+,16-13-/t17-,18+,19-,20-/m1/s1. The molecule has 0 aliphatic heterocycles. The molecule has 0 aromatic carbocycles. The maximum absolute atomic E-state index is 11.0. The lowest BCUT2D eigenvalue weighted by molar-refractivity contribution is -0.0453. The number of hydrogen-bond donors (Lipinski definition) is 2. The minimum atomic E-state index is -0.704. The minimum Gasteiger partial charge on any atom is -0.390 e. The second-order valence-electron chi connectivity index (χ2n) is 8.37. The van der Waals surface area contributed by atoms with E-state index < -0.39 is 11.2 Å². The fourth-order valence-electron chi connectivity index (χ4n) is 4.26. The van der Waals surface area contributed by atoms with E-state index in [1.54, 1.807) is 0 Å². The van der Waals surface area contributed by atoms with Gasteiger partial charge in [0.1, 0.15) is 0 Å². The maximum Gasteiger partial charge on any atom is 0.0686 e. The molecule has 2 nitrogen and oxygen atoms in total. The molecule has 0 aromatic rings. The molecule has 2 rings (SSSR count). The van der Waals surface area contributed by atoms with Crippen LogP contribution in [0, 0.1) is 17.8 Å². The molecule has 0 aromatic heterocycles. The molecular formula is C20H34O2. The second-order valence-corrected chi connectivity index (χ2v) is 8.37. The Balaban J connectivity index is 2.42. The van der Waals surface area contributed by atoms with E-state index in [1.807, 2.05) is 13.8 Å². The average Bonchev–Trinajstić information content (AvgIpc) is 2.68. The highest BCUT2D eigenvalue weighted by Gasteiger charge is 2.49. The molecule has 0 amide bonds. The van der Waals surface area contributed by atoms with Crippen LogP contribution in [-0.4, -0.2) is 21.4 Å². The van der Waals surface area contributed by atoms with Crippen LogP contribution in [-0.2, 0) is 0 Å². The third kappa shape index (κ3) is 3.83. The van der Waals surface area contributed by atoms with Crippen LogP contribution in [0.1, 0.15) is 73.1 Å². The van der Waals surface area contributed by atoms with Gasteiger partial charge in [-0.3, -0.25) is 0 Å². The molecule has 0 bridgehead atoms. The molecule has 0 heterocycles. The van der Waals surface area contributed by atoms with Gasteiger partial charge in [-0.2, -0.15) is 0 Å². The number of fused-ring (bicyclic) bond motifs is 1. The summed E-state index contributed by atoms with van der Waals surface area (Å²) >= 11 is 0. The summed E-state index contributed by atoms with van der Waals surface area (Å²) in [7, 11) is 0. The Morgan fingerprint density at radius 1 is 1.09 bits per heavy atom. The van der Waals surface area contributed by atoms with Crippen molar-refractivity contribution in [1.82, 2.24) is 0 Å². The zero-order chi connectivity index (χ0) is 16.5. The Morgan fingerprint density at radius 2 is 1.77 bits per heavy atom. The van der Waals surface area contributed by atoms with Crippen LogP contribution in [0.25, 0.3) is 0 Å². The van der Waals surface area contributed by atoms with Crippen LogP contribution in [0.3, 0.4) is 0 Å². The van der Waals surface area contributed by atoms with Gasteiger partial charge >= 0.3 is 0 Å². The summed E-state index contributed by atoms with van der Waals surface area (Å²) in [6, 6.07) is 0. The zero-order valence-corrected chi connectivity index (χ0v) is 15.0. The van der Waals surface area contributed by atoms with E-state index in [0.29, 0.717) is 5.92 Å². The fourth-order valence-corrected chi connectivity index (χ4v) is 4.26. The van der Waals surface area contributed by atoms with E-state index in [-0.39, 0.29) is 11.8 Å². The van der Waals surface area contributed by atoms with Gasteiger partial charge in [-0.25, -0.2) is 0 Å². The highest BCUT2D eigenvalue weighted by Crippen LogP contribution is 2.48. The van der Waals surface area contributed by atoms with Crippen molar-refractivity contribution < 1.29 is 10.2 Å². The van der Waals surface area contributed by atoms with E-state index >= 15 is 0 Å². The highest BCUT2D eigenvalue weighted by atomic mass is 16.3. The molecule has 126 valence electrons. The maximum atomic E-state index is 11.0. The van der Waals surface area contributed by atoms with E-state index in [4.69, 9.17) is 0 Å². The molecule has 2 aliphatic carbocycles. The van der Waals surface area contributed by atoms with Crippen LogP contribution in [0.15, 0.2) is 23.3 Å². The molecule has 1 saturated carbocycles. The van der Waals surface area contributed by atoms with Crippen molar-refractivity contribution in [3.63, 3.8) is 0 Å². The summed E-state index contributed by atoms with van der Waals surface area (Å²) in [5.74, 6) is 0.719. The van der Waals surface area contributed by atoms with Gasteiger partial charge in [0.15, 0.2) is 0 Å². The molecule has 1 fully saturated rings. The summed E-state index contributed by atoms with van der Waals surface area (Å²) in [6.07, 6.45) is 10.2. The molecule has 0 unspecified atom stereocenters. The van der Waals surface area contributed by atoms with Gasteiger partial charge in [0.05, 0.1) is 11.2 Å². The highest BCUT2D eigenvalue weighted by molar-refractivity contribution is 5.18. The van der Waals surface area contributed by atoms with Crippen molar-refractivity contribution in [1.29, 1.82) is 0 Å². The summed E-state index contributed by atoms with van der Waals surface area (Å²) in [5.41, 5.74) is 1.46. The summed E-state index contributed by atoms with van der Waals surface area (Å²) in [5, 5.41) is 21.9. The Morgan fingerprint density at radius 3 is 2.41 bits per heavy atom. The lowest BCUT2D eigenvalue weighted by Crippen LogP contribution is -2.41. The van der Waals surface area contributed by atoms with E-state index in [0.717, 1.165) is 38.5 Å².